The van der Waals surface area contributed by atoms with Crippen molar-refractivity contribution in [2.75, 3.05) is 11.9 Å². The standard InChI is InChI=1S/C23H22ClNO3/c1-2-27-23(26)18-10-12-21(13-11-18)25-15-19-7-3-4-9-22(19)28-16-17-6-5-8-20(24)14-17/h3-14,25H,2,15-16H2,1H3. The summed E-state index contributed by atoms with van der Waals surface area (Å²) in [5, 5.41) is 4.05. The molecule has 0 aliphatic heterocycles. The van der Waals surface area contributed by atoms with Crippen molar-refractivity contribution in [2.24, 2.45) is 0 Å². The number of ether oxygens (including phenoxy) is 2. The number of hydrogen-bond donors (Lipinski definition) is 1. The molecule has 0 radical (unpaired) electrons. The van der Waals surface area contributed by atoms with Gasteiger partial charge in [0.25, 0.3) is 0 Å². The van der Waals surface area contributed by atoms with Crippen molar-refractivity contribution in [3.8, 4) is 5.75 Å². The molecule has 0 saturated heterocycles. The Balaban J connectivity index is 1.61. The van der Waals surface area contributed by atoms with Gasteiger partial charge < -0.3 is 14.8 Å². The summed E-state index contributed by atoms with van der Waals surface area (Å²) in [5.74, 6) is 0.506. The highest BCUT2D eigenvalue weighted by atomic mass is 35.5. The monoisotopic (exact) mass is 395 g/mol. The zero-order valence-electron chi connectivity index (χ0n) is 15.7. The van der Waals surface area contributed by atoms with Crippen molar-refractivity contribution < 1.29 is 14.3 Å². The molecule has 28 heavy (non-hydrogen) atoms. The van der Waals surface area contributed by atoms with Gasteiger partial charge >= 0.3 is 5.97 Å². The summed E-state index contributed by atoms with van der Waals surface area (Å²) >= 11 is 6.03. The minimum absolute atomic E-state index is 0.311. The Bertz CT molecular complexity index is 925. The second-order valence-electron chi connectivity index (χ2n) is 6.18. The van der Waals surface area contributed by atoms with E-state index in [0.29, 0.717) is 30.3 Å². The van der Waals surface area contributed by atoms with Crippen LogP contribution in [0.1, 0.15) is 28.4 Å². The number of esters is 1. The lowest BCUT2D eigenvalue weighted by molar-refractivity contribution is 0.0526. The number of hydrogen-bond acceptors (Lipinski definition) is 4. The van der Waals surface area contributed by atoms with Crippen molar-refractivity contribution in [1.29, 1.82) is 0 Å². The molecule has 0 saturated carbocycles. The Labute approximate surface area is 170 Å². The van der Waals surface area contributed by atoms with E-state index in [1.807, 2.05) is 60.7 Å². The van der Waals surface area contributed by atoms with Gasteiger partial charge in [-0.1, -0.05) is 41.9 Å². The van der Waals surface area contributed by atoms with Crippen LogP contribution in [0.15, 0.2) is 72.8 Å². The molecular weight excluding hydrogens is 374 g/mol. The maximum atomic E-state index is 11.7. The molecule has 0 fully saturated rings. The predicted molar refractivity (Wildman–Crippen MR) is 112 cm³/mol. The van der Waals surface area contributed by atoms with Crippen LogP contribution in [0.3, 0.4) is 0 Å². The molecule has 0 atom stereocenters. The lowest BCUT2D eigenvalue weighted by atomic mass is 10.1. The maximum Gasteiger partial charge on any atom is 0.338 e. The summed E-state index contributed by atoms with van der Waals surface area (Å²) in [4.78, 5) is 11.7. The molecule has 0 amide bonds. The molecule has 5 heteroatoms. The maximum absolute atomic E-state index is 11.7. The molecule has 0 spiro atoms. The van der Waals surface area contributed by atoms with E-state index in [9.17, 15) is 4.79 Å². The van der Waals surface area contributed by atoms with E-state index in [-0.39, 0.29) is 5.97 Å². The van der Waals surface area contributed by atoms with E-state index in [1.54, 1.807) is 19.1 Å². The molecule has 0 aromatic heterocycles. The Kier molecular flexibility index (Phi) is 6.93. The van der Waals surface area contributed by atoms with E-state index in [4.69, 9.17) is 21.1 Å². The Morgan fingerprint density at radius 1 is 1.00 bits per heavy atom. The SMILES string of the molecule is CCOC(=O)c1ccc(NCc2ccccc2OCc2cccc(Cl)c2)cc1. The van der Waals surface area contributed by atoms with Crippen LogP contribution in [-0.4, -0.2) is 12.6 Å². The summed E-state index contributed by atoms with van der Waals surface area (Å²) in [5.41, 5.74) is 3.51. The first-order chi connectivity index (χ1) is 13.7. The van der Waals surface area contributed by atoms with Crippen molar-refractivity contribution in [1.82, 2.24) is 0 Å². The highest BCUT2D eigenvalue weighted by Crippen LogP contribution is 2.22. The Morgan fingerprint density at radius 3 is 2.54 bits per heavy atom. The summed E-state index contributed by atoms with van der Waals surface area (Å²) in [6.45, 7) is 3.21. The molecule has 0 heterocycles. The third-order valence-corrected chi connectivity index (χ3v) is 4.37. The van der Waals surface area contributed by atoms with Crippen molar-refractivity contribution in [2.45, 2.75) is 20.1 Å². The number of para-hydroxylation sites is 1. The number of halogens is 1. The van der Waals surface area contributed by atoms with E-state index in [1.165, 1.54) is 0 Å². The Morgan fingerprint density at radius 2 is 1.79 bits per heavy atom. The van der Waals surface area contributed by atoms with E-state index in [0.717, 1.165) is 22.6 Å². The van der Waals surface area contributed by atoms with Gasteiger partial charge in [-0.25, -0.2) is 4.79 Å². The van der Waals surface area contributed by atoms with Gasteiger partial charge in [-0.15, -0.1) is 0 Å². The van der Waals surface area contributed by atoms with Crippen LogP contribution in [0.25, 0.3) is 0 Å². The molecule has 0 unspecified atom stereocenters. The van der Waals surface area contributed by atoms with E-state index >= 15 is 0 Å². The molecule has 3 rings (SSSR count). The lowest BCUT2D eigenvalue weighted by Crippen LogP contribution is -2.06. The minimum Gasteiger partial charge on any atom is -0.489 e. The van der Waals surface area contributed by atoms with Gasteiger partial charge in [-0.2, -0.15) is 0 Å². The highest BCUT2D eigenvalue weighted by Gasteiger charge is 2.07. The van der Waals surface area contributed by atoms with Gasteiger partial charge in [0.1, 0.15) is 12.4 Å². The summed E-state index contributed by atoms with van der Waals surface area (Å²) < 4.78 is 11.0. The molecular formula is C23H22ClNO3. The summed E-state index contributed by atoms with van der Waals surface area (Å²) in [6, 6.07) is 22.8. The average molecular weight is 396 g/mol. The molecule has 0 bridgehead atoms. The van der Waals surface area contributed by atoms with Gasteiger partial charge in [0, 0.05) is 22.8 Å². The van der Waals surface area contributed by atoms with Crippen LogP contribution in [-0.2, 0) is 17.9 Å². The fraction of sp³-hybridized carbons (Fsp3) is 0.174. The number of carbonyl (C=O) groups excluding carboxylic acids is 1. The van der Waals surface area contributed by atoms with Crippen LogP contribution in [0.5, 0.6) is 5.75 Å². The van der Waals surface area contributed by atoms with Gasteiger partial charge in [0.05, 0.1) is 12.2 Å². The lowest BCUT2D eigenvalue weighted by Gasteiger charge is -2.13. The van der Waals surface area contributed by atoms with Crippen LogP contribution < -0.4 is 10.1 Å². The number of anilines is 1. The number of rotatable bonds is 8. The topological polar surface area (TPSA) is 47.6 Å². The molecule has 3 aromatic rings. The van der Waals surface area contributed by atoms with E-state index < -0.39 is 0 Å². The van der Waals surface area contributed by atoms with Gasteiger partial charge in [0.15, 0.2) is 0 Å². The third-order valence-electron chi connectivity index (χ3n) is 4.13. The molecule has 4 nitrogen and oxygen atoms in total. The largest absolute Gasteiger partial charge is 0.489 e. The zero-order chi connectivity index (χ0) is 19.8. The number of benzene rings is 3. The molecule has 3 aromatic carbocycles. The van der Waals surface area contributed by atoms with Gasteiger partial charge in [-0.3, -0.25) is 0 Å². The van der Waals surface area contributed by atoms with E-state index in [2.05, 4.69) is 5.32 Å². The minimum atomic E-state index is -0.311. The number of carbonyl (C=O) groups is 1. The first-order valence-corrected chi connectivity index (χ1v) is 9.49. The highest BCUT2D eigenvalue weighted by molar-refractivity contribution is 6.30. The normalized spacial score (nSPS) is 10.4. The first-order valence-electron chi connectivity index (χ1n) is 9.12. The van der Waals surface area contributed by atoms with Crippen LogP contribution in [0.4, 0.5) is 5.69 Å². The second-order valence-corrected chi connectivity index (χ2v) is 6.61. The molecule has 1 N–H and O–H groups in total. The fourth-order valence-corrected chi connectivity index (χ4v) is 2.93. The van der Waals surface area contributed by atoms with Crippen molar-refractivity contribution in [3.05, 3.63) is 94.5 Å². The smallest absolute Gasteiger partial charge is 0.338 e. The summed E-state index contributed by atoms with van der Waals surface area (Å²) in [7, 11) is 0. The zero-order valence-corrected chi connectivity index (χ0v) is 16.4. The van der Waals surface area contributed by atoms with Crippen LogP contribution in [0, 0.1) is 0 Å². The van der Waals surface area contributed by atoms with Gasteiger partial charge in [-0.05, 0) is 55.0 Å². The number of nitrogens with one attached hydrogen (secondary N) is 1. The van der Waals surface area contributed by atoms with Gasteiger partial charge in [0.2, 0.25) is 0 Å². The molecule has 0 aliphatic rings. The Hall–Kier alpha value is -2.98. The predicted octanol–water partition coefficient (Wildman–Crippen LogP) is 5.71. The molecule has 144 valence electrons. The van der Waals surface area contributed by atoms with Crippen LogP contribution >= 0.6 is 11.6 Å². The van der Waals surface area contributed by atoms with Crippen molar-refractivity contribution in [3.63, 3.8) is 0 Å². The third kappa shape index (κ3) is 5.51. The molecule has 0 aliphatic carbocycles. The summed E-state index contributed by atoms with van der Waals surface area (Å²) in [6.07, 6.45) is 0. The first kappa shape index (κ1) is 19.8. The van der Waals surface area contributed by atoms with Crippen LogP contribution in [0.2, 0.25) is 5.02 Å². The second kappa shape index (κ2) is 9.81. The quantitative estimate of drug-likeness (QED) is 0.496. The van der Waals surface area contributed by atoms with Crippen molar-refractivity contribution >= 4 is 23.3 Å². The fourth-order valence-electron chi connectivity index (χ4n) is 2.71. The average Bonchev–Trinajstić information content (AvgIpc) is 2.72.